The molecular weight excluding hydrogens is 452 g/mol. The summed E-state index contributed by atoms with van der Waals surface area (Å²) in [6, 6.07) is 13.2. The van der Waals surface area contributed by atoms with E-state index in [9.17, 15) is 13.2 Å². The van der Waals surface area contributed by atoms with Crippen LogP contribution in [0.1, 0.15) is 38.4 Å². The van der Waals surface area contributed by atoms with Crippen LogP contribution in [0.15, 0.2) is 47.4 Å². The van der Waals surface area contributed by atoms with Gasteiger partial charge in [0.2, 0.25) is 10.0 Å². The standard InChI is InChI=1S/C25H30N4O4S/c1-17-5-10-23(18(2)15-17)26-25(30)22-8-6-21(7-9-22)16-29-20(4)24(19(3)27-29)34(31,32)28-11-13-33-14-12-28/h5-10,15H,11-14,16H2,1-4H3,(H,26,30). The van der Waals surface area contributed by atoms with Crippen molar-refractivity contribution in [3.8, 4) is 0 Å². The normalized spacial score (nSPS) is 14.8. The number of hydrogen-bond donors (Lipinski definition) is 1. The van der Waals surface area contributed by atoms with E-state index in [1.165, 1.54) is 4.31 Å². The summed E-state index contributed by atoms with van der Waals surface area (Å²) < 4.78 is 34.8. The van der Waals surface area contributed by atoms with Crippen molar-refractivity contribution >= 4 is 21.6 Å². The second-order valence-corrected chi connectivity index (χ2v) is 10.5. The van der Waals surface area contributed by atoms with Crippen molar-refractivity contribution in [2.45, 2.75) is 39.1 Å². The largest absolute Gasteiger partial charge is 0.379 e. The lowest BCUT2D eigenvalue weighted by Crippen LogP contribution is -2.41. The molecule has 2 aromatic carbocycles. The van der Waals surface area contributed by atoms with Gasteiger partial charge in [0.15, 0.2) is 0 Å². The van der Waals surface area contributed by atoms with Crippen LogP contribution in [0.4, 0.5) is 5.69 Å². The SMILES string of the molecule is Cc1ccc(NC(=O)c2ccc(Cn3nc(C)c(S(=O)(=O)N4CCOCC4)c3C)cc2)c(C)c1. The Morgan fingerprint density at radius 1 is 1.03 bits per heavy atom. The first-order valence-electron chi connectivity index (χ1n) is 11.3. The molecule has 4 rings (SSSR count). The number of aromatic nitrogens is 2. The van der Waals surface area contributed by atoms with Crippen LogP contribution in [0.2, 0.25) is 0 Å². The summed E-state index contributed by atoms with van der Waals surface area (Å²) >= 11 is 0. The fraction of sp³-hybridized carbons (Fsp3) is 0.360. The van der Waals surface area contributed by atoms with Crippen LogP contribution in [0.5, 0.6) is 0 Å². The average Bonchev–Trinajstić information content (AvgIpc) is 3.10. The summed E-state index contributed by atoms with van der Waals surface area (Å²) in [6.07, 6.45) is 0. The Morgan fingerprint density at radius 2 is 1.71 bits per heavy atom. The molecule has 0 bridgehead atoms. The quantitative estimate of drug-likeness (QED) is 0.581. The van der Waals surface area contributed by atoms with E-state index < -0.39 is 10.0 Å². The van der Waals surface area contributed by atoms with Crippen molar-refractivity contribution in [1.29, 1.82) is 0 Å². The zero-order valence-electron chi connectivity index (χ0n) is 20.0. The highest BCUT2D eigenvalue weighted by molar-refractivity contribution is 7.89. The van der Waals surface area contributed by atoms with Gasteiger partial charge in [-0.15, -0.1) is 0 Å². The first-order chi connectivity index (χ1) is 16.2. The number of sulfonamides is 1. The second-order valence-electron chi connectivity index (χ2n) is 8.64. The number of anilines is 1. The molecule has 0 atom stereocenters. The summed E-state index contributed by atoms with van der Waals surface area (Å²) in [7, 11) is -3.63. The number of ether oxygens (including phenoxy) is 1. The highest BCUT2D eigenvalue weighted by atomic mass is 32.2. The fourth-order valence-electron chi connectivity index (χ4n) is 4.21. The lowest BCUT2D eigenvalue weighted by molar-refractivity contribution is 0.0730. The highest BCUT2D eigenvalue weighted by Crippen LogP contribution is 2.25. The van der Waals surface area contributed by atoms with Gasteiger partial charge < -0.3 is 10.1 Å². The van der Waals surface area contributed by atoms with Gasteiger partial charge >= 0.3 is 0 Å². The summed E-state index contributed by atoms with van der Waals surface area (Å²) in [5.41, 5.74) is 5.49. The molecular formula is C25H30N4O4S. The number of morpholine rings is 1. The number of carbonyl (C=O) groups excluding carboxylic acids is 1. The molecule has 1 fully saturated rings. The Labute approximate surface area is 200 Å². The minimum absolute atomic E-state index is 0.177. The highest BCUT2D eigenvalue weighted by Gasteiger charge is 2.32. The number of amides is 1. The van der Waals surface area contributed by atoms with Crippen LogP contribution >= 0.6 is 0 Å². The van der Waals surface area contributed by atoms with Gasteiger partial charge in [0.05, 0.1) is 31.1 Å². The molecule has 0 aliphatic carbocycles. The molecule has 0 saturated carbocycles. The summed E-state index contributed by atoms with van der Waals surface area (Å²) in [5, 5.41) is 7.45. The topological polar surface area (TPSA) is 93.5 Å². The van der Waals surface area contributed by atoms with E-state index in [-0.39, 0.29) is 10.8 Å². The summed E-state index contributed by atoms with van der Waals surface area (Å²) in [4.78, 5) is 12.9. The maximum Gasteiger partial charge on any atom is 0.255 e. The fourth-order valence-corrected chi connectivity index (χ4v) is 5.99. The second kappa shape index (κ2) is 9.69. The molecule has 0 radical (unpaired) electrons. The Hall–Kier alpha value is -3.01. The number of nitrogens with zero attached hydrogens (tertiary/aromatic N) is 3. The molecule has 34 heavy (non-hydrogen) atoms. The predicted molar refractivity (Wildman–Crippen MR) is 131 cm³/mol. The van der Waals surface area contributed by atoms with E-state index >= 15 is 0 Å². The molecule has 1 aliphatic heterocycles. The number of rotatable bonds is 6. The van der Waals surface area contributed by atoms with Gasteiger partial charge in [-0.05, 0) is 57.0 Å². The Bertz CT molecular complexity index is 1310. The van der Waals surface area contributed by atoms with Crippen LogP contribution in [-0.4, -0.2) is 54.7 Å². The van der Waals surface area contributed by atoms with E-state index in [2.05, 4.69) is 10.4 Å². The molecule has 0 unspecified atom stereocenters. The van der Waals surface area contributed by atoms with E-state index in [1.54, 1.807) is 30.7 Å². The van der Waals surface area contributed by atoms with E-state index in [4.69, 9.17) is 4.74 Å². The van der Waals surface area contributed by atoms with Crippen molar-refractivity contribution in [3.63, 3.8) is 0 Å². The molecule has 1 aliphatic rings. The third-order valence-electron chi connectivity index (χ3n) is 6.06. The molecule has 3 aromatic rings. The zero-order chi connectivity index (χ0) is 24.5. The van der Waals surface area contributed by atoms with Gasteiger partial charge in [-0.1, -0.05) is 29.8 Å². The van der Waals surface area contributed by atoms with Gasteiger partial charge in [-0.3, -0.25) is 9.48 Å². The van der Waals surface area contributed by atoms with Crippen molar-refractivity contribution < 1.29 is 17.9 Å². The predicted octanol–water partition coefficient (Wildman–Crippen LogP) is 3.44. The summed E-state index contributed by atoms with van der Waals surface area (Å²) in [6.45, 7) is 9.37. The number of benzene rings is 2. The molecule has 1 N–H and O–H groups in total. The van der Waals surface area contributed by atoms with Crippen LogP contribution in [0.25, 0.3) is 0 Å². The number of carbonyl (C=O) groups is 1. The van der Waals surface area contributed by atoms with Crippen molar-refractivity contribution in [1.82, 2.24) is 14.1 Å². The van der Waals surface area contributed by atoms with Gasteiger partial charge in [0, 0.05) is 24.3 Å². The Balaban J connectivity index is 1.49. The molecule has 1 aromatic heterocycles. The van der Waals surface area contributed by atoms with Gasteiger partial charge in [-0.2, -0.15) is 9.40 Å². The third kappa shape index (κ3) is 4.91. The van der Waals surface area contributed by atoms with Crippen molar-refractivity contribution in [2.75, 3.05) is 31.6 Å². The van der Waals surface area contributed by atoms with Gasteiger partial charge in [0.1, 0.15) is 4.90 Å². The van der Waals surface area contributed by atoms with Crippen molar-refractivity contribution in [2.24, 2.45) is 0 Å². The third-order valence-corrected chi connectivity index (χ3v) is 8.21. The van der Waals surface area contributed by atoms with E-state index in [1.807, 2.05) is 44.2 Å². The van der Waals surface area contributed by atoms with Crippen LogP contribution in [0.3, 0.4) is 0 Å². The van der Waals surface area contributed by atoms with Crippen LogP contribution < -0.4 is 5.32 Å². The maximum atomic E-state index is 13.2. The van der Waals surface area contributed by atoms with Crippen LogP contribution in [0, 0.1) is 27.7 Å². The minimum Gasteiger partial charge on any atom is -0.379 e. The molecule has 180 valence electrons. The first kappa shape index (κ1) is 24.1. The first-order valence-corrected chi connectivity index (χ1v) is 12.7. The lowest BCUT2D eigenvalue weighted by atomic mass is 10.1. The minimum atomic E-state index is -3.63. The average molecular weight is 483 g/mol. The molecule has 1 saturated heterocycles. The number of nitrogens with one attached hydrogen (secondary N) is 1. The summed E-state index contributed by atoms with van der Waals surface area (Å²) in [5.74, 6) is -0.177. The molecule has 0 spiro atoms. The van der Waals surface area contributed by atoms with E-state index in [0.717, 1.165) is 22.4 Å². The maximum absolute atomic E-state index is 13.2. The zero-order valence-corrected chi connectivity index (χ0v) is 20.8. The Morgan fingerprint density at radius 3 is 2.35 bits per heavy atom. The van der Waals surface area contributed by atoms with Crippen molar-refractivity contribution in [3.05, 3.63) is 76.1 Å². The van der Waals surface area contributed by atoms with Gasteiger partial charge in [-0.25, -0.2) is 8.42 Å². The smallest absolute Gasteiger partial charge is 0.255 e. The molecule has 1 amide bonds. The number of hydrogen-bond acceptors (Lipinski definition) is 5. The molecule has 8 nitrogen and oxygen atoms in total. The molecule has 9 heteroatoms. The monoisotopic (exact) mass is 482 g/mol. The van der Waals surface area contributed by atoms with E-state index in [0.29, 0.717) is 49.8 Å². The number of aryl methyl sites for hydroxylation is 3. The van der Waals surface area contributed by atoms with Gasteiger partial charge in [0.25, 0.3) is 5.91 Å². The van der Waals surface area contributed by atoms with Crippen LogP contribution in [-0.2, 0) is 21.3 Å². The Kier molecular flexibility index (Phi) is 6.88. The molecule has 2 heterocycles. The lowest BCUT2D eigenvalue weighted by Gasteiger charge is -2.26.